The Bertz CT molecular complexity index is 444. The number of rotatable bonds is 0. The summed E-state index contributed by atoms with van der Waals surface area (Å²) in [5.41, 5.74) is 3.02. The lowest BCUT2D eigenvalue weighted by atomic mass is 10.1. The second-order valence-electron chi connectivity index (χ2n) is 3.95. The van der Waals surface area contributed by atoms with Crippen molar-refractivity contribution in [3.8, 4) is 0 Å². The molecule has 0 saturated heterocycles. The second-order valence-corrected chi connectivity index (χ2v) is 4.39. The number of hydrogen-bond donors (Lipinski definition) is 1. The van der Waals surface area contributed by atoms with E-state index < -0.39 is 0 Å². The molecular weight excluding hydrogens is 212 g/mol. The summed E-state index contributed by atoms with van der Waals surface area (Å²) >= 11 is 6.00. The quantitative estimate of drug-likeness (QED) is 0.721. The van der Waals surface area contributed by atoms with Crippen LogP contribution in [0.3, 0.4) is 0 Å². The highest BCUT2D eigenvalue weighted by Gasteiger charge is 2.28. The fourth-order valence-electron chi connectivity index (χ4n) is 2.38. The van der Waals surface area contributed by atoms with Crippen LogP contribution in [-0.2, 0) is 6.42 Å². The summed E-state index contributed by atoms with van der Waals surface area (Å²) in [6.07, 6.45) is 0.996. The van der Waals surface area contributed by atoms with Crippen LogP contribution in [0.1, 0.15) is 15.9 Å². The first-order valence-corrected chi connectivity index (χ1v) is 5.49. The Morgan fingerprint density at radius 1 is 1.33 bits per heavy atom. The summed E-state index contributed by atoms with van der Waals surface area (Å²) < 4.78 is 0. The topological polar surface area (TPSA) is 32.3 Å². The minimum absolute atomic E-state index is 0.00171. The Hall–Kier alpha value is -1.22. The summed E-state index contributed by atoms with van der Waals surface area (Å²) in [4.78, 5) is 14.0. The number of carbonyl (C=O) groups excluding carboxylic acids is 1. The molecule has 4 heteroatoms. The molecule has 78 valence electrons. The first-order valence-electron chi connectivity index (χ1n) is 5.11. The van der Waals surface area contributed by atoms with Crippen molar-refractivity contribution in [3.63, 3.8) is 0 Å². The first kappa shape index (κ1) is 9.04. The van der Waals surface area contributed by atoms with Gasteiger partial charge in [0.15, 0.2) is 0 Å². The molecule has 0 aliphatic carbocycles. The molecule has 0 fully saturated rings. The Labute approximate surface area is 93.0 Å². The molecule has 0 bridgehead atoms. The summed E-state index contributed by atoms with van der Waals surface area (Å²) in [6, 6.07) is 3.73. The summed E-state index contributed by atoms with van der Waals surface area (Å²) in [7, 11) is 0. The highest BCUT2D eigenvalue weighted by molar-refractivity contribution is 6.31. The van der Waals surface area contributed by atoms with E-state index in [-0.39, 0.29) is 5.91 Å². The van der Waals surface area contributed by atoms with Crippen LogP contribution in [-0.4, -0.2) is 25.5 Å². The number of hydrogen-bond acceptors (Lipinski definition) is 2. The molecule has 3 rings (SSSR count). The van der Waals surface area contributed by atoms with Crippen molar-refractivity contribution < 1.29 is 4.79 Å². The van der Waals surface area contributed by atoms with Crippen molar-refractivity contribution in [2.75, 3.05) is 24.5 Å². The van der Waals surface area contributed by atoms with Crippen LogP contribution in [0.2, 0.25) is 5.02 Å². The monoisotopic (exact) mass is 222 g/mol. The molecule has 0 spiro atoms. The van der Waals surface area contributed by atoms with Gasteiger partial charge < -0.3 is 10.2 Å². The Morgan fingerprint density at radius 3 is 3.07 bits per heavy atom. The highest BCUT2D eigenvalue weighted by Crippen LogP contribution is 2.35. The van der Waals surface area contributed by atoms with E-state index in [2.05, 4.69) is 10.2 Å². The molecule has 15 heavy (non-hydrogen) atoms. The average Bonchev–Trinajstić information content (AvgIpc) is 2.52. The zero-order chi connectivity index (χ0) is 10.4. The number of nitrogens with one attached hydrogen (secondary N) is 1. The van der Waals surface area contributed by atoms with Gasteiger partial charge in [0.1, 0.15) is 0 Å². The van der Waals surface area contributed by atoms with E-state index in [1.807, 2.05) is 6.07 Å². The highest BCUT2D eigenvalue weighted by atomic mass is 35.5. The Morgan fingerprint density at radius 2 is 2.20 bits per heavy atom. The van der Waals surface area contributed by atoms with E-state index in [0.717, 1.165) is 30.8 Å². The first-order chi connectivity index (χ1) is 7.25. The number of benzene rings is 1. The van der Waals surface area contributed by atoms with Crippen LogP contribution < -0.4 is 10.2 Å². The van der Waals surface area contributed by atoms with E-state index in [4.69, 9.17) is 11.6 Å². The predicted octanol–water partition coefficient (Wildman–Crippen LogP) is 1.45. The number of anilines is 1. The maximum absolute atomic E-state index is 11.8. The van der Waals surface area contributed by atoms with Crippen molar-refractivity contribution in [3.05, 3.63) is 28.3 Å². The van der Waals surface area contributed by atoms with Crippen molar-refractivity contribution in [2.45, 2.75) is 6.42 Å². The normalized spacial score (nSPS) is 18.5. The summed E-state index contributed by atoms with van der Waals surface area (Å²) in [5.74, 6) is -0.00171. The molecule has 1 aromatic carbocycles. The fraction of sp³-hybridized carbons (Fsp3) is 0.364. The van der Waals surface area contributed by atoms with Gasteiger partial charge in [-0.2, -0.15) is 0 Å². The lowest BCUT2D eigenvalue weighted by Gasteiger charge is -2.17. The molecule has 0 radical (unpaired) electrons. The molecule has 2 heterocycles. The van der Waals surface area contributed by atoms with Gasteiger partial charge in [-0.05, 0) is 24.1 Å². The standard InChI is InChI=1S/C11H11ClN2O/c12-8-5-7-1-3-14-4-2-13-11(15)9(6-8)10(7)14/h5-6H,1-4H2,(H,13,15). The zero-order valence-corrected chi connectivity index (χ0v) is 8.97. The molecule has 2 aliphatic rings. The molecule has 1 aromatic rings. The van der Waals surface area contributed by atoms with Gasteiger partial charge in [0.2, 0.25) is 0 Å². The molecular formula is C11H11ClN2O. The van der Waals surface area contributed by atoms with E-state index >= 15 is 0 Å². The van der Waals surface area contributed by atoms with Crippen LogP contribution in [0.5, 0.6) is 0 Å². The van der Waals surface area contributed by atoms with Gasteiger partial charge in [-0.25, -0.2) is 0 Å². The van der Waals surface area contributed by atoms with E-state index in [9.17, 15) is 4.79 Å². The molecule has 3 nitrogen and oxygen atoms in total. The Balaban J connectivity index is 2.25. The smallest absolute Gasteiger partial charge is 0.253 e. The molecule has 0 aromatic heterocycles. The number of nitrogens with zero attached hydrogens (tertiary/aromatic N) is 1. The number of halogens is 1. The van der Waals surface area contributed by atoms with Crippen LogP contribution in [0.25, 0.3) is 0 Å². The van der Waals surface area contributed by atoms with Gasteiger partial charge in [-0.15, -0.1) is 0 Å². The Kier molecular flexibility index (Phi) is 1.89. The van der Waals surface area contributed by atoms with Crippen LogP contribution in [0, 0.1) is 0 Å². The lowest BCUT2D eigenvalue weighted by molar-refractivity contribution is 0.0958. The molecule has 0 saturated carbocycles. The van der Waals surface area contributed by atoms with Crippen LogP contribution >= 0.6 is 11.6 Å². The van der Waals surface area contributed by atoms with Crippen molar-refractivity contribution in [2.24, 2.45) is 0 Å². The third-order valence-electron chi connectivity index (χ3n) is 3.03. The van der Waals surface area contributed by atoms with Gasteiger partial charge in [0.05, 0.1) is 11.3 Å². The third kappa shape index (κ3) is 1.30. The third-order valence-corrected chi connectivity index (χ3v) is 3.25. The SMILES string of the molecule is O=C1NCCN2CCc3cc(Cl)cc1c32. The largest absolute Gasteiger partial charge is 0.369 e. The molecule has 0 unspecified atom stereocenters. The maximum atomic E-state index is 11.8. The van der Waals surface area contributed by atoms with Crippen molar-refractivity contribution in [1.29, 1.82) is 0 Å². The van der Waals surface area contributed by atoms with Gasteiger partial charge in [-0.3, -0.25) is 4.79 Å². The number of carbonyl (C=O) groups is 1. The second kappa shape index (κ2) is 3.14. The van der Waals surface area contributed by atoms with Crippen molar-refractivity contribution in [1.82, 2.24) is 5.32 Å². The minimum Gasteiger partial charge on any atom is -0.369 e. The lowest BCUT2D eigenvalue weighted by Crippen LogP contribution is -2.29. The van der Waals surface area contributed by atoms with Crippen LogP contribution in [0.4, 0.5) is 5.69 Å². The molecule has 0 atom stereocenters. The molecule has 1 amide bonds. The summed E-state index contributed by atoms with van der Waals surface area (Å²) in [6.45, 7) is 2.61. The summed E-state index contributed by atoms with van der Waals surface area (Å²) in [5, 5.41) is 3.54. The van der Waals surface area contributed by atoms with E-state index in [0.29, 0.717) is 11.6 Å². The van der Waals surface area contributed by atoms with Crippen molar-refractivity contribution >= 4 is 23.2 Å². The zero-order valence-electron chi connectivity index (χ0n) is 8.22. The van der Waals surface area contributed by atoms with Gasteiger partial charge in [0, 0.05) is 24.7 Å². The van der Waals surface area contributed by atoms with Crippen LogP contribution in [0.15, 0.2) is 12.1 Å². The minimum atomic E-state index is -0.00171. The van der Waals surface area contributed by atoms with E-state index in [1.54, 1.807) is 6.07 Å². The predicted molar refractivity (Wildman–Crippen MR) is 59.7 cm³/mol. The van der Waals surface area contributed by atoms with E-state index in [1.165, 1.54) is 5.56 Å². The molecule has 2 aliphatic heterocycles. The number of amides is 1. The molecule has 1 N–H and O–H groups in total. The van der Waals surface area contributed by atoms with Gasteiger partial charge >= 0.3 is 0 Å². The van der Waals surface area contributed by atoms with Gasteiger partial charge in [0.25, 0.3) is 5.91 Å². The maximum Gasteiger partial charge on any atom is 0.253 e. The van der Waals surface area contributed by atoms with Gasteiger partial charge in [-0.1, -0.05) is 11.6 Å². The average molecular weight is 223 g/mol. The fourth-order valence-corrected chi connectivity index (χ4v) is 2.62.